The molecule has 0 saturated heterocycles. The van der Waals surface area contributed by atoms with Crippen molar-refractivity contribution in [1.29, 1.82) is 0 Å². The second kappa shape index (κ2) is 4.70. The van der Waals surface area contributed by atoms with Crippen LogP contribution in [0.5, 0.6) is 0 Å². The first kappa shape index (κ1) is 14.3. The van der Waals surface area contributed by atoms with E-state index in [0.717, 1.165) is 28.2 Å². The molecule has 0 atom stereocenters. The normalized spacial score (nSPS) is 16.1. The van der Waals surface area contributed by atoms with E-state index in [9.17, 15) is 8.42 Å². The summed E-state index contributed by atoms with van der Waals surface area (Å²) in [5.41, 5.74) is 2.00. The number of hydrogen-bond acceptors (Lipinski definition) is 3. The molecule has 1 aromatic carbocycles. The molecule has 0 unspecified atom stereocenters. The minimum absolute atomic E-state index is 0.00708. The molecule has 0 radical (unpaired) electrons. The fourth-order valence-electron chi connectivity index (χ4n) is 2.29. The van der Waals surface area contributed by atoms with E-state index in [1.54, 1.807) is 24.4 Å². The molecule has 0 spiro atoms. The van der Waals surface area contributed by atoms with Gasteiger partial charge in [0.05, 0.1) is 10.6 Å². The van der Waals surface area contributed by atoms with Gasteiger partial charge in [0.2, 0.25) is 0 Å². The van der Waals surface area contributed by atoms with Crippen molar-refractivity contribution in [3.05, 3.63) is 47.8 Å². The molecular formula is C16H20N2O2S. The van der Waals surface area contributed by atoms with Crippen LogP contribution >= 0.6 is 0 Å². The molecular weight excluding hydrogens is 284 g/mol. The first-order valence-corrected chi connectivity index (χ1v) is 8.64. The van der Waals surface area contributed by atoms with Gasteiger partial charge in [0.1, 0.15) is 0 Å². The summed E-state index contributed by atoms with van der Waals surface area (Å²) in [5, 5.41) is 4.22. The highest BCUT2D eigenvalue weighted by molar-refractivity contribution is 7.89. The third-order valence-electron chi connectivity index (χ3n) is 3.85. The highest BCUT2D eigenvalue weighted by Gasteiger charge is 2.28. The van der Waals surface area contributed by atoms with Crippen molar-refractivity contribution in [2.75, 3.05) is 0 Å². The van der Waals surface area contributed by atoms with Gasteiger partial charge in [-0.2, -0.15) is 17.6 Å². The Morgan fingerprint density at radius 1 is 1.10 bits per heavy atom. The molecule has 3 rings (SSSR count). The van der Waals surface area contributed by atoms with Crippen LogP contribution in [0, 0.1) is 0 Å². The number of nitrogens with zero attached hydrogens (tertiary/aromatic N) is 2. The summed E-state index contributed by atoms with van der Waals surface area (Å²) >= 11 is 0. The van der Waals surface area contributed by atoms with Crippen molar-refractivity contribution in [1.82, 2.24) is 9.19 Å². The molecule has 1 aliphatic rings. The minimum atomic E-state index is -3.58. The van der Waals surface area contributed by atoms with Crippen LogP contribution in [0.15, 0.2) is 41.4 Å². The van der Waals surface area contributed by atoms with Crippen LogP contribution in [0.25, 0.3) is 0 Å². The van der Waals surface area contributed by atoms with Crippen LogP contribution in [0.1, 0.15) is 50.8 Å². The van der Waals surface area contributed by atoms with Crippen LogP contribution in [-0.4, -0.2) is 17.6 Å². The van der Waals surface area contributed by atoms with Crippen LogP contribution in [0.4, 0.5) is 0 Å². The Morgan fingerprint density at radius 2 is 1.71 bits per heavy atom. The lowest BCUT2D eigenvalue weighted by Crippen LogP contribution is -2.15. The smallest absolute Gasteiger partial charge is 0.199 e. The second-order valence-electron chi connectivity index (χ2n) is 6.67. The summed E-state index contributed by atoms with van der Waals surface area (Å²) in [6.45, 7) is 6.31. The van der Waals surface area contributed by atoms with Gasteiger partial charge in [0, 0.05) is 12.1 Å². The molecule has 21 heavy (non-hydrogen) atoms. The second-order valence-corrected chi connectivity index (χ2v) is 8.46. The maximum atomic E-state index is 12.6. The first-order chi connectivity index (χ1) is 9.78. The van der Waals surface area contributed by atoms with Gasteiger partial charge in [-0.25, -0.2) is 0 Å². The summed E-state index contributed by atoms with van der Waals surface area (Å²) in [7, 11) is -3.58. The van der Waals surface area contributed by atoms with Crippen molar-refractivity contribution < 1.29 is 8.42 Å². The SMILES string of the molecule is CC(C)(C)c1ccc(S(=O)(=O)n2ccc(C3CC3)n2)cc1. The van der Waals surface area contributed by atoms with E-state index in [2.05, 4.69) is 25.9 Å². The highest BCUT2D eigenvalue weighted by Crippen LogP contribution is 2.39. The topological polar surface area (TPSA) is 52.0 Å². The Hall–Kier alpha value is -1.62. The van der Waals surface area contributed by atoms with E-state index in [1.165, 1.54) is 0 Å². The van der Waals surface area contributed by atoms with Crippen molar-refractivity contribution in [3.8, 4) is 0 Å². The molecule has 1 fully saturated rings. The predicted octanol–water partition coefficient (Wildman–Crippen LogP) is 3.30. The third-order valence-corrected chi connectivity index (χ3v) is 5.41. The lowest BCUT2D eigenvalue weighted by molar-refractivity contribution is 0.576. The van der Waals surface area contributed by atoms with E-state index >= 15 is 0 Å². The van der Waals surface area contributed by atoms with Gasteiger partial charge in [-0.05, 0) is 42.0 Å². The van der Waals surface area contributed by atoms with Gasteiger partial charge in [-0.15, -0.1) is 0 Å². The average Bonchev–Trinajstić information content (AvgIpc) is 3.15. The van der Waals surface area contributed by atoms with E-state index < -0.39 is 10.0 Å². The summed E-state index contributed by atoms with van der Waals surface area (Å²) in [6, 6.07) is 8.87. The van der Waals surface area contributed by atoms with Gasteiger partial charge >= 0.3 is 0 Å². The van der Waals surface area contributed by atoms with Gasteiger partial charge in [0.25, 0.3) is 10.0 Å². The zero-order valence-corrected chi connectivity index (χ0v) is 13.4. The maximum Gasteiger partial charge on any atom is 0.282 e. The summed E-state index contributed by atoms with van der Waals surface area (Å²) < 4.78 is 26.2. The Labute approximate surface area is 125 Å². The number of aromatic nitrogens is 2. The molecule has 1 aromatic heterocycles. The van der Waals surface area contributed by atoms with Crippen LogP contribution in [0.2, 0.25) is 0 Å². The van der Waals surface area contributed by atoms with Crippen LogP contribution < -0.4 is 0 Å². The molecule has 1 saturated carbocycles. The quantitative estimate of drug-likeness (QED) is 0.874. The van der Waals surface area contributed by atoms with Gasteiger partial charge in [-0.1, -0.05) is 32.9 Å². The van der Waals surface area contributed by atoms with Crippen molar-refractivity contribution in [3.63, 3.8) is 0 Å². The zero-order valence-electron chi connectivity index (χ0n) is 12.6. The number of rotatable bonds is 3. The van der Waals surface area contributed by atoms with Crippen LogP contribution in [0.3, 0.4) is 0 Å². The summed E-state index contributed by atoms with van der Waals surface area (Å²) in [6.07, 6.45) is 3.76. The Bertz CT molecular complexity index is 748. The molecule has 0 N–H and O–H groups in total. The van der Waals surface area contributed by atoms with Crippen molar-refractivity contribution in [2.24, 2.45) is 0 Å². The van der Waals surface area contributed by atoms with Gasteiger partial charge < -0.3 is 0 Å². The Kier molecular flexibility index (Phi) is 3.20. The summed E-state index contributed by atoms with van der Waals surface area (Å²) in [4.78, 5) is 0.279. The van der Waals surface area contributed by atoms with Gasteiger partial charge in [0.15, 0.2) is 0 Å². The molecule has 112 valence electrons. The first-order valence-electron chi connectivity index (χ1n) is 7.20. The standard InChI is InChI=1S/C16H20N2O2S/c1-16(2,3)13-6-8-14(9-7-13)21(19,20)18-11-10-15(17-18)12-4-5-12/h6-12H,4-5H2,1-3H3. The Balaban J connectivity index is 1.93. The largest absolute Gasteiger partial charge is 0.282 e. The van der Waals surface area contributed by atoms with E-state index in [0.29, 0.717) is 5.92 Å². The lowest BCUT2D eigenvalue weighted by Gasteiger charge is -2.19. The molecule has 0 bridgehead atoms. The molecule has 4 nitrogen and oxygen atoms in total. The van der Waals surface area contributed by atoms with Gasteiger partial charge in [-0.3, -0.25) is 0 Å². The molecule has 1 heterocycles. The number of hydrogen-bond donors (Lipinski definition) is 0. The average molecular weight is 304 g/mol. The fourth-order valence-corrected chi connectivity index (χ4v) is 3.41. The third kappa shape index (κ3) is 2.75. The lowest BCUT2D eigenvalue weighted by atomic mass is 9.87. The van der Waals surface area contributed by atoms with E-state index in [1.807, 2.05) is 12.1 Å². The van der Waals surface area contributed by atoms with E-state index in [-0.39, 0.29) is 10.3 Å². The van der Waals surface area contributed by atoms with E-state index in [4.69, 9.17) is 0 Å². The minimum Gasteiger partial charge on any atom is -0.199 e. The molecule has 5 heteroatoms. The Morgan fingerprint density at radius 3 is 2.24 bits per heavy atom. The predicted molar refractivity (Wildman–Crippen MR) is 81.9 cm³/mol. The molecule has 2 aromatic rings. The van der Waals surface area contributed by atoms with Crippen LogP contribution in [-0.2, 0) is 15.4 Å². The molecule has 0 amide bonds. The zero-order chi connectivity index (χ0) is 15.3. The summed E-state index contributed by atoms with van der Waals surface area (Å²) in [5.74, 6) is 0.449. The van der Waals surface area contributed by atoms with Crippen molar-refractivity contribution >= 4 is 10.0 Å². The molecule has 1 aliphatic carbocycles. The van der Waals surface area contributed by atoms with Crippen molar-refractivity contribution in [2.45, 2.75) is 49.8 Å². The number of benzene rings is 1. The fraction of sp³-hybridized carbons (Fsp3) is 0.438. The maximum absolute atomic E-state index is 12.6. The molecule has 0 aliphatic heterocycles. The highest BCUT2D eigenvalue weighted by atomic mass is 32.2. The monoisotopic (exact) mass is 304 g/mol.